The van der Waals surface area contributed by atoms with E-state index in [1.807, 2.05) is 0 Å². The zero-order chi connectivity index (χ0) is 45.0. The molecule has 0 amide bonds. The molecule has 0 aliphatic rings. The van der Waals surface area contributed by atoms with Gasteiger partial charge in [0.15, 0.2) is 0 Å². The Morgan fingerprint density at radius 1 is 0.206 bits per heavy atom. The third-order valence-corrected chi connectivity index (χ3v) is 15.2. The lowest BCUT2D eigenvalue weighted by molar-refractivity contribution is 0.515. The minimum Gasteiger partial charge on any atom is -0.0654 e. The molecular formula is C63H120. The Labute approximate surface area is 400 Å². The summed E-state index contributed by atoms with van der Waals surface area (Å²) < 4.78 is 0. The van der Waals surface area contributed by atoms with E-state index in [1.165, 1.54) is 347 Å². The van der Waals surface area contributed by atoms with Gasteiger partial charge in [0.1, 0.15) is 0 Å². The number of hydrogen-bond donors (Lipinski definition) is 0. The summed E-state index contributed by atoms with van der Waals surface area (Å²) in [7, 11) is 0. The SMILES string of the molecule is CCCCCCCCCCCCCCCCCCCCCCCCCCCCc1cccc(CCCCCCCCCCCCCCCCCCCCCCCCCCCC)c1C. The first-order valence-electron chi connectivity index (χ1n) is 30.4. The third kappa shape index (κ3) is 44.8. The first kappa shape index (κ1) is 60.2. The van der Waals surface area contributed by atoms with Crippen LogP contribution in [-0.4, -0.2) is 0 Å². The molecule has 0 saturated heterocycles. The van der Waals surface area contributed by atoms with E-state index >= 15 is 0 Å². The van der Waals surface area contributed by atoms with Crippen LogP contribution in [0, 0.1) is 6.92 Å². The van der Waals surface area contributed by atoms with E-state index < -0.39 is 0 Å². The van der Waals surface area contributed by atoms with Crippen LogP contribution in [0.4, 0.5) is 0 Å². The summed E-state index contributed by atoms with van der Waals surface area (Å²) in [6.07, 6.45) is 78.9. The Morgan fingerprint density at radius 3 is 0.508 bits per heavy atom. The molecule has 0 spiro atoms. The van der Waals surface area contributed by atoms with Crippen molar-refractivity contribution >= 4 is 0 Å². The summed E-state index contributed by atoms with van der Waals surface area (Å²) in [4.78, 5) is 0. The molecule has 0 nitrogen and oxygen atoms in total. The lowest BCUT2D eigenvalue weighted by Crippen LogP contribution is -1.97. The van der Waals surface area contributed by atoms with Gasteiger partial charge in [-0.25, -0.2) is 0 Å². The van der Waals surface area contributed by atoms with Crippen LogP contribution >= 0.6 is 0 Å². The monoisotopic (exact) mass is 877 g/mol. The first-order valence-corrected chi connectivity index (χ1v) is 30.4. The van der Waals surface area contributed by atoms with Gasteiger partial charge >= 0.3 is 0 Å². The maximum atomic E-state index is 2.42. The van der Waals surface area contributed by atoms with Gasteiger partial charge < -0.3 is 0 Å². The van der Waals surface area contributed by atoms with E-state index in [2.05, 4.69) is 39.0 Å². The highest BCUT2D eigenvalue weighted by Crippen LogP contribution is 2.22. The number of aryl methyl sites for hydroxylation is 2. The topological polar surface area (TPSA) is 0 Å². The maximum Gasteiger partial charge on any atom is -0.0276 e. The normalized spacial score (nSPS) is 11.7. The standard InChI is InChI=1S/C63H120/c1-4-6-8-10-12-14-16-18-20-22-24-26-28-30-32-34-36-38-40-42-44-46-48-50-52-54-57-62-59-56-60-63(61(62)3)58-55-53-51-49-47-45-43-41-39-37-35-33-31-29-27-25-23-21-19-17-15-13-11-9-7-5-2/h56,59-60H,4-55,57-58H2,1-3H3. The summed E-state index contributed by atoms with van der Waals surface area (Å²) in [5.74, 6) is 0. The summed E-state index contributed by atoms with van der Waals surface area (Å²) in [5.41, 5.74) is 4.87. The van der Waals surface area contributed by atoms with Gasteiger partial charge in [-0.2, -0.15) is 0 Å². The fourth-order valence-corrected chi connectivity index (χ4v) is 10.5. The van der Waals surface area contributed by atoms with E-state index in [0.29, 0.717) is 0 Å². The minimum atomic E-state index is 1.29. The molecule has 0 radical (unpaired) electrons. The van der Waals surface area contributed by atoms with Crippen LogP contribution in [0.3, 0.4) is 0 Å². The Hall–Kier alpha value is -0.780. The van der Waals surface area contributed by atoms with Crippen LogP contribution in [0.5, 0.6) is 0 Å². The molecule has 1 rings (SSSR count). The van der Waals surface area contributed by atoms with Crippen LogP contribution in [0.2, 0.25) is 0 Å². The van der Waals surface area contributed by atoms with Crippen LogP contribution in [-0.2, 0) is 12.8 Å². The average molecular weight is 878 g/mol. The van der Waals surface area contributed by atoms with Crippen LogP contribution < -0.4 is 0 Å². The summed E-state index contributed by atoms with van der Waals surface area (Å²) in [5, 5.41) is 0. The predicted octanol–water partition coefficient (Wildman–Crippen LogP) is 23.4. The molecule has 0 heteroatoms. The Balaban J connectivity index is 1.80. The summed E-state index contributed by atoms with van der Waals surface area (Å²) >= 11 is 0. The lowest BCUT2D eigenvalue weighted by atomic mass is 9.94. The second kappa shape index (κ2) is 52.2. The predicted molar refractivity (Wildman–Crippen MR) is 290 cm³/mol. The van der Waals surface area contributed by atoms with E-state index in [-0.39, 0.29) is 0 Å². The molecule has 1 aromatic rings. The number of unbranched alkanes of at least 4 members (excludes halogenated alkanes) is 50. The number of hydrogen-bond acceptors (Lipinski definition) is 0. The molecule has 0 aliphatic carbocycles. The minimum absolute atomic E-state index is 1.29. The maximum absolute atomic E-state index is 2.42. The highest BCUT2D eigenvalue weighted by Gasteiger charge is 2.05. The molecule has 63 heavy (non-hydrogen) atoms. The van der Waals surface area contributed by atoms with Crippen molar-refractivity contribution in [3.8, 4) is 0 Å². The van der Waals surface area contributed by atoms with Crippen LogP contribution in [0.15, 0.2) is 18.2 Å². The highest BCUT2D eigenvalue weighted by atomic mass is 14.1. The number of rotatable bonds is 54. The van der Waals surface area contributed by atoms with Gasteiger partial charge in [0.2, 0.25) is 0 Å². The van der Waals surface area contributed by atoms with Gasteiger partial charge in [-0.15, -0.1) is 0 Å². The van der Waals surface area contributed by atoms with Crippen molar-refractivity contribution in [3.05, 3.63) is 34.9 Å². The molecule has 372 valence electrons. The second-order valence-corrected chi connectivity index (χ2v) is 21.4. The fourth-order valence-electron chi connectivity index (χ4n) is 10.5. The largest absolute Gasteiger partial charge is 0.0654 e. The molecule has 0 bridgehead atoms. The van der Waals surface area contributed by atoms with Crippen molar-refractivity contribution in [1.82, 2.24) is 0 Å². The number of benzene rings is 1. The smallest absolute Gasteiger partial charge is 0.0276 e. The fraction of sp³-hybridized carbons (Fsp3) is 0.905. The molecule has 0 saturated carbocycles. The molecule has 1 aromatic carbocycles. The quantitative estimate of drug-likeness (QED) is 0.0572. The summed E-state index contributed by atoms with van der Waals surface area (Å²) in [6.45, 7) is 7.04. The van der Waals surface area contributed by atoms with E-state index in [1.54, 1.807) is 16.7 Å². The van der Waals surface area contributed by atoms with Gasteiger partial charge in [-0.1, -0.05) is 353 Å². The van der Waals surface area contributed by atoms with Crippen molar-refractivity contribution in [2.75, 3.05) is 0 Å². The Bertz CT molecular complexity index is 900. The van der Waals surface area contributed by atoms with Crippen molar-refractivity contribution in [2.24, 2.45) is 0 Å². The van der Waals surface area contributed by atoms with E-state index in [0.717, 1.165) is 0 Å². The lowest BCUT2D eigenvalue weighted by Gasteiger charge is -2.12. The van der Waals surface area contributed by atoms with Crippen LogP contribution in [0.25, 0.3) is 0 Å². The van der Waals surface area contributed by atoms with E-state index in [9.17, 15) is 0 Å². The van der Waals surface area contributed by atoms with Crippen molar-refractivity contribution in [3.63, 3.8) is 0 Å². The summed E-state index contributed by atoms with van der Waals surface area (Å²) in [6, 6.07) is 7.18. The molecule has 0 aliphatic heterocycles. The zero-order valence-corrected chi connectivity index (χ0v) is 44.4. The van der Waals surface area contributed by atoms with Gasteiger partial charge in [-0.05, 0) is 49.3 Å². The van der Waals surface area contributed by atoms with Gasteiger partial charge in [0.25, 0.3) is 0 Å². The van der Waals surface area contributed by atoms with E-state index in [4.69, 9.17) is 0 Å². The van der Waals surface area contributed by atoms with Gasteiger partial charge in [0, 0.05) is 0 Å². The third-order valence-electron chi connectivity index (χ3n) is 15.2. The van der Waals surface area contributed by atoms with Gasteiger partial charge in [-0.3, -0.25) is 0 Å². The second-order valence-electron chi connectivity index (χ2n) is 21.4. The highest BCUT2D eigenvalue weighted by molar-refractivity contribution is 5.34. The first-order chi connectivity index (χ1) is 31.3. The molecule has 0 fully saturated rings. The van der Waals surface area contributed by atoms with Crippen LogP contribution in [0.1, 0.15) is 364 Å². The molecule has 0 aromatic heterocycles. The van der Waals surface area contributed by atoms with Gasteiger partial charge in [0.05, 0.1) is 0 Å². The molecule has 0 unspecified atom stereocenters. The van der Waals surface area contributed by atoms with Crippen molar-refractivity contribution in [1.29, 1.82) is 0 Å². The Morgan fingerprint density at radius 2 is 0.349 bits per heavy atom. The van der Waals surface area contributed by atoms with Crippen molar-refractivity contribution < 1.29 is 0 Å². The average Bonchev–Trinajstić information content (AvgIpc) is 3.29. The molecular weight excluding hydrogens is 757 g/mol. The zero-order valence-electron chi connectivity index (χ0n) is 44.4. The Kier molecular flexibility index (Phi) is 49.9. The van der Waals surface area contributed by atoms with Crippen molar-refractivity contribution in [2.45, 2.75) is 367 Å². The molecule has 0 heterocycles. The molecule has 0 atom stereocenters. The molecule has 0 N–H and O–H groups in total.